The van der Waals surface area contributed by atoms with E-state index in [2.05, 4.69) is 6.07 Å². The molecule has 1 atom stereocenters. The quantitative estimate of drug-likeness (QED) is 0.439. The summed E-state index contributed by atoms with van der Waals surface area (Å²) in [5.74, 6) is 0. The molecule has 0 amide bonds. The van der Waals surface area contributed by atoms with E-state index in [0.29, 0.717) is 0 Å². The third-order valence-corrected chi connectivity index (χ3v) is 3.83. The second kappa shape index (κ2) is 6.37. The predicted octanol–water partition coefficient (Wildman–Crippen LogP) is 0.953. The molecule has 0 saturated carbocycles. The first-order valence-electron chi connectivity index (χ1n) is 6.07. The smallest absolute Gasteiger partial charge is 0.264 e. The van der Waals surface area contributed by atoms with Crippen molar-refractivity contribution in [2.24, 2.45) is 0 Å². The lowest BCUT2D eigenvalue weighted by atomic mass is 9.95. The van der Waals surface area contributed by atoms with Crippen LogP contribution < -0.4 is 0 Å². The molecule has 123 valence electrons. The van der Waals surface area contributed by atoms with Crippen molar-refractivity contribution in [3.8, 4) is 0 Å². The van der Waals surface area contributed by atoms with Crippen LogP contribution in [0, 0.1) is 36.4 Å². The summed E-state index contributed by atoms with van der Waals surface area (Å²) in [6, 6.07) is 2.51. The minimum absolute atomic E-state index is 0.206. The Balaban J connectivity index is 2.78. The largest absolute Gasteiger partial charge is 0.292 e. The van der Waals surface area contributed by atoms with Crippen LogP contribution in [0.15, 0.2) is 30.4 Å². The Morgan fingerprint density at radius 2 is 1.75 bits per heavy atom. The van der Waals surface area contributed by atoms with E-state index >= 15 is 0 Å². The molecule has 11 nitrogen and oxygen atoms in total. The van der Waals surface area contributed by atoms with Crippen molar-refractivity contribution in [1.29, 1.82) is 0 Å². The van der Waals surface area contributed by atoms with Crippen LogP contribution in [-0.2, 0) is 10.3 Å². The van der Waals surface area contributed by atoms with E-state index in [9.17, 15) is 38.8 Å². The van der Waals surface area contributed by atoms with Gasteiger partial charge in [-0.25, -0.2) is 0 Å². The maximum Gasteiger partial charge on any atom is 0.292 e. The van der Waals surface area contributed by atoms with Gasteiger partial charge < -0.3 is 0 Å². The zero-order chi connectivity index (χ0) is 18.0. The van der Waals surface area contributed by atoms with Gasteiger partial charge in [-0.3, -0.25) is 30.3 Å². The topological polar surface area (TPSA) is 164 Å². The fraction of sp³-hybridized carbons (Fsp3) is 0.0833. The number of hydrogen-bond acceptors (Lipinski definition) is 8. The van der Waals surface area contributed by atoms with E-state index in [1.807, 2.05) is 0 Å². The molecular weight excluding hydrogens is 346 g/mol. The number of nitro groups is 3. The summed E-state index contributed by atoms with van der Waals surface area (Å²) in [5, 5.41) is 33.1. The summed E-state index contributed by atoms with van der Waals surface area (Å²) >= 11 is 0. The minimum atomic E-state index is -2.98. The maximum absolute atomic E-state index is 11.2. The predicted molar refractivity (Wildman–Crippen MR) is 80.4 cm³/mol. The first kappa shape index (κ1) is 17.0. The summed E-state index contributed by atoms with van der Waals surface area (Å²) < 4.78 is 22.4. The SMILES string of the molecule is O=[N+]([O-])c1[c]ccc([N+](=O)[O-])c1C1=CC(=S(=O)=O)C([N+](=O)[O-])C=C1. The molecule has 0 saturated heterocycles. The van der Waals surface area contributed by atoms with Crippen molar-refractivity contribution in [1.82, 2.24) is 0 Å². The number of nitrogens with zero attached hydrogens (tertiary/aromatic N) is 3. The lowest BCUT2D eigenvalue weighted by molar-refractivity contribution is -0.489. The highest BCUT2D eigenvalue weighted by molar-refractivity contribution is 7.73. The fourth-order valence-electron chi connectivity index (χ4n) is 2.11. The van der Waals surface area contributed by atoms with Gasteiger partial charge in [0.25, 0.3) is 17.4 Å². The molecule has 1 aromatic carbocycles. The zero-order valence-corrected chi connectivity index (χ0v) is 12.3. The maximum atomic E-state index is 11.2. The molecule has 1 aliphatic rings. The molecule has 12 heteroatoms. The van der Waals surface area contributed by atoms with Crippen molar-refractivity contribution in [2.45, 2.75) is 6.04 Å². The second-order valence-corrected chi connectivity index (χ2v) is 5.37. The fourth-order valence-corrected chi connectivity index (χ4v) is 2.69. The van der Waals surface area contributed by atoms with E-state index in [1.165, 1.54) is 0 Å². The molecule has 1 aliphatic carbocycles. The van der Waals surface area contributed by atoms with Crippen molar-refractivity contribution in [3.63, 3.8) is 0 Å². The van der Waals surface area contributed by atoms with Crippen LogP contribution in [0.5, 0.6) is 0 Å². The van der Waals surface area contributed by atoms with Crippen LogP contribution in [0.1, 0.15) is 5.56 Å². The average Bonchev–Trinajstić information content (AvgIpc) is 2.53. The van der Waals surface area contributed by atoms with Crippen LogP contribution in [0.3, 0.4) is 0 Å². The van der Waals surface area contributed by atoms with Gasteiger partial charge in [0.2, 0.25) is 10.3 Å². The minimum Gasteiger partial charge on any atom is -0.264 e. The van der Waals surface area contributed by atoms with E-state index in [-0.39, 0.29) is 5.57 Å². The lowest BCUT2D eigenvalue weighted by Gasteiger charge is -2.11. The molecule has 2 rings (SSSR count). The first-order chi connectivity index (χ1) is 11.2. The Hall–Kier alpha value is -3.41. The highest BCUT2D eigenvalue weighted by Crippen LogP contribution is 2.36. The van der Waals surface area contributed by atoms with Crippen molar-refractivity contribution < 1.29 is 23.2 Å². The summed E-state index contributed by atoms with van der Waals surface area (Å²) in [7, 11) is -2.98. The Labute approximate surface area is 134 Å². The van der Waals surface area contributed by atoms with E-state index in [4.69, 9.17) is 0 Å². The molecule has 0 fully saturated rings. The van der Waals surface area contributed by atoms with Gasteiger partial charge >= 0.3 is 0 Å². The van der Waals surface area contributed by atoms with Gasteiger partial charge in [-0.1, -0.05) is 6.08 Å². The van der Waals surface area contributed by atoms with E-state index in [1.54, 1.807) is 0 Å². The van der Waals surface area contributed by atoms with E-state index < -0.39 is 52.9 Å². The first-order valence-corrected chi connectivity index (χ1v) is 7.15. The third-order valence-electron chi connectivity index (χ3n) is 3.09. The Morgan fingerprint density at radius 3 is 2.25 bits per heavy atom. The molecule has 1 aromatic rings. The van der Waals surface area contributed by atoms with E-state index in [0.717, 1.165) is 30.4 Å². The van der Waals surface area contributed by atoms with Crippen molar-refractivity contribution in [3.05, 3.63) is 72.3 Å². The van der Waals surface area contributed by atoms with Gasteiger partial charge in [-0.15, -0.1) is 0 Å². The molecule has 0 heterocycles. The number of hydrogen-bond donors (Lipinski definition) is 0. The standard InChI is InChI=1S/C12H6N3O8S/c16-13(17)8-5-4-7(6-11(8)24(22)23)12-9(14(18)19)2-1-3-10(12)15(20)21/h1-2,4-6,8H. The molecule has 0 N–H and O–H groups in total. The summed E-state index contributed by atoms with van der Waals surface area (Å²) in [6.45, 7) is 0. The van der Waals surface area contributed by atoms with Gasteiger partial charge in [0.15, 0.2) is 0 Å². The second-order valence-electron chi connectivity index (χ2n) is 4.43. The van der Waals surface area contributed by atoms with Crippen LogP contribution in [0.2, 0.25) is 0 Å². The number of rotatable bonds is 4. The highest BCUT2D eigenvalue weighted by Gasteiger charge is 2.33. The normalized spacial score (nSPS) is 16.4. The number of allylic oxidation sites excluding steroid dienone is 2. The summed E-state index contributed by atoms with van der Waals surface area (Å²) in [4.78, 5) is 29.8. The number of benzene rings is 1. The summed E-state index contributed by atoms with van der Waals surface area (Å²) in [6.07, 6.45) is 2.73. The average molecular weight is 352 g/mol. The van der Waals surface area contributed by atoms with Crippen LogP contribution in [0.4, 0.5) is 11.4 Å². The van der Waals surface area contributed by atoms with Gasteiger partial charge in [0.05, 0.1) is 15.9 Å². The molecule has 1 unspecified atom stereocenters. The molecule has 24 heavy (non-hydrogen) atoms. The lowest BCUT2D eigenvalue weighted by Crippen LogP contribution is -2.28. The summed E-state index contributed by atoms with van der Waals surface area (Å²) in [5.41, 5.74) is -2.07. The Kier molecular flexibility index (Phi) is 4.50. The molecule has 0 bridgehead atoms. The van der Waals surface area contributed by atoms with Crippen molar-refractivity contribution >= 4 is 32.1 Å². The van der Waals surface area contributed by atoms with Crippen molar-refractivity contribution in [2.75, 3.05) is 0 Å². The van der Waals surface area contributed by atoms with Crippen LogP contribution >= 0.6 is 0 Å². The third kappa shape index (κ3) is 3.03. The van der Waals surface area contributed by atoms with Crippen LogP contribution in [-0.4, -0.2) is 34.1 Å². The van der Waals surface area contributed by atoms with Gasteiger partial charge in [-0.2, -0.15) is 8.42 Å². The molecule has 0 aliphatic heterocycles. The molecular formula is C12H6N3O8S. The monoisotopic (exact) mass is 352 g/mol. The Morgan fingerprint density at radius 1 is 1.08 bits per heavy atom. The van der Waals surface area contributed by atoms with Gasteiger partial charge in [-0.05, 0) is 23.8 Å². The van der Waals surface area contributed by atoms with Gasteiger partial charge in [0.1, 0.15) is 10.4 Å². The highest BCUT2D eigenvalue weighted by atomic mass is 32.2. The zero-order valence-electron chi connectivity index (χ0n) is 11.5. The number of nitro benzene ring substituents is 2. The Bertz CT molecular complexity index is 920. The van der Waals surface area contributed by atoms with Crippen LogP contribution in [0.25, 0.3) is 5.57 Å². The molecule has 0 spiro atoms. The molecule has 0 aromatic heterocycles. The van der Waals surface area contributed by atoms with Gasteiger partial charge in [0, 0.05) is 11.0 Å². The molecule has 1 radical (unpaired) electrons.